The molecule has 1 aliphatic rings. The Balaban J connectivity index is 2.37. The number of primary amides is 1. The number of carbonyl (C=O) groups excluding carboxylic acids is 1. The summed E-state index contributed by atoms with van der Waals surface area (Å²) in [5.74, 6) is -1.51. The molecule has 0 saturated heterocycles. The largest absolute Gasteiger partial charge is 0.480 e. The Morgan fingerprint density at radius 2 is 1.94 bits per heavy atom. The zero-order valence-electron chi connectivity index (χ0n) is 9.93. The van der Waals surface area contributed by atoms with Crippen LogP contribution in [0.1, 0.15) is 18.4 Å². The molecule has 96 valence electrons. The number of nitrogens with one attached hydrogen (secondary N) is 1. The van der Waals surface area contributed by atoms with Gasteiger partial charge in [0.2, 0.25) is 5.91 Å². The van der Waals surface area contributed by atoms with Crippen LogP contribution in [-0.2, 0) is 15.1 Å². The minimum atomic E-state index is -1.20. The lowest BCUT2D eigenvalue weighted by Gasteiger charge is -2.31. The van der Waals surface area contributed by atoms with Crippen LogP contribution < -0.4 is 11.1 Å². The van der Waals surface area contributed by atoms with Crippen molar-refractivity contribution in [1.82, 2.24) is 5.32 Å². The molecule has 1 saturated carbocycles. The van der Waals surface area contributed by atoms with Gasteiger partial charge in [0.1, 0.15) is 5.54 Å². The normalized spacial score (nSPS) is 18.0. The minimum absolute atomic E-state index is 0.0109. The van der Waals surface area contributed by atoms with Crippen molar-refractivity contribution in [2.24, 2.45) is 11.7 Å². The third-order valence-corrected chi connectivity index (χ3v) is 3.30. The van der Waals surface area contributed by atoms with Gasteiger partial charge in [0.05, 0.1) is 6.54 Å². The Morgan fingerprint density at radius 3 is 2.39 bits per heavy atom. The lowest BCUT2D eigenvalue weighted by molar-refractivity contribution is -0.146. The van der Waals surface area contributed by atoms with Gasteiger partial charge >= 0.3 is 5.97 Å². The zero-order chi connectivity index (χ0) is 13.2. The molecule has 1 unspecified atom stereocenters. The molecule has 2 rings (SSSR count). The summed E-state index contributed by atoms with van der Waals surface area (Å²) in [5, 5.41) is 12.4. The first-order chi connectivity index (χ1) is 8.57. The molecule has 1 amide bonds. The van der Waals surface area contributed by atoms with E-state index in [9.17, 15) is 14.7 Å². The molecular weight excluding hydrogens is 232 g/mol. The van der Waals surface area contributed by atoms with Gasteiger partial charge in [-0.1, -0.05) is 30.3 Å². The van der Waals surface area contributed by atoms with E-state index < -0.39 is 17.4 Å². The number of carboxylic acids is 1. The summed E-state index contributed by atoms with van der Waals surface area (Å²) in [6.07, 6.45) is 1.68. The first-order valence-electron chi connectivity index (χ1n) is 5.89. The van der Waals surface area contributed by atoms with Crippen LogP contribution in [-0.4, -0.2) is 23.5 Å². The monoisotopic (exact) mass is 248 g/mol. The Hall–Kier alpha value is -1.88. The second-order valence-electron chi connectivity index (χ2n) is 4.57. The number of hydrogen-bond acceptors (Lipinski definition) is 3. The van der Waals surface area contributed by atoms with Crippen LogP contribution in [0.5, 0.6) is 0 Å². The summed E-state index contributed by atoms with van der Waals surface area (Å²) >= 11 is 0. The highest BCUT2D eigenvalue weighted by atomic mass is 16.4. The molecular formula is C13H16N2O3. The third kappa shape index (κ3) is 2.22. The van der Waals surface area contributed by atoms with Crippen molar-refractivity contribution < 1.29 is 14.7 Å². The van der Waals surface area contributed by atoms with Gasteiger partial charge in [-0.3, -0.25) is 10.1 Å². The molecule has 4 N–H and O–H groups in total. The molecule has 0 radical (unpaired) electrons. The molecule has 0 aromatic heterocycles. The van der Waals surface area contributed by atoms with Crippen LogP contribution in [0.25, 0.3) is 0 Å². The van der Waals surface area contributed by atoms with Gasteiger partial charge in [-0.05, 0) is 24.3 Å². The molecule has 5 nitrogen and oxygen atoms in total. The van der Waals surface area contributed by atoms with E-state index in [-0.39, 0.29) is 12.5 Å². The van der Waals surface area contributed by atoms with Crippen molar-refractivity contribution in [2.75, 3.05) is 6.54 Å². The maximum absolute atomic E-state index is 11.7. The Morgan fingerprint density at radius 1 is 1.33 bits per heavy atom. The molecule has 1 aromatic carbocycles. The number of aliphatic carboxylic acids is 1. The van der Waals surface area contributed by atoms with Crippen LogP contribution in [0.3, 0.4) is 0 Å². The average Bonchev–Trinajstić information content (AvgIpc) is 3.15. The highest BCUT2D eigenvalue weighted by molar-refractivity contribution is 5.83. The van der Waals surface area contributed by atoms with E-state index in [1.54, 1.807) is 24.3 Å². The number of carbonyl (C=O) groups is 2. The smallest absolute Gasteiger partial charge is 0.328 e. The molecule has 1 fully saturated rings. The van der Waals surface area contributed by atoms with E-state index in [0.29, 0.717) is 5.56 Å². The summed E-state index contributed by atoms with van der Waals surface area (Å²) in [6.45, 7) is -0.141. The van der Waals surface area contributed by atoms with Gasteiger partial charge < -0.3 is 10.8 Å². The van der Waals surface area contributed by atoms with Gasteiger partial charge in [-0.15, -0.1) is 0 Å². The first-order valence-corrected chi connectivity index (χ1v) is 5.89. The van der Waals surface area contributed by atoms with Crippen molar-refractivity contribution >= 4 is 11.9 Å². The summed E-state index contributed by atoms with van der Waals surface area (Å²) in [7, 11) is 0. The van der Waals surface area contributed by atoms with Crippen LogP contribution >= 0.6 is 0 Å². The summed E-state index contributed by atoms with van der Waals surface area (Å²) in [4.78, 5) is 22.6. The van der Waals surface area contributed by atoms with Gasteiger partial charge in [0.15, 0.2) is 0 Å². The van der Waals surface area contributed by atoms with Crippen molar-refractivity contribution in [3.63, 3.8) is 0 Å². The van der Waals surface area contributed by atoms with Crippen molar-refractivity contribution in [1.29, 1.82) is 0 Å². The van der Waals surface area contributed by atoms with E-state index in [1.807, 2.05) is 6.07 Å². The number of amides is 1. The average molecular weight is 248 g/mol. The Labute approximate surface area is 105 Å². The molecule has 1 aliphatic carbocycles. The van der Waals surface area contributed by atoms with E-state index in [4.69, 9.17) is 5.73 Å². The zero-order valence-corrected chi connectivity index (χ0v) is 9.93. The van der Waals surface area contributed by atoms with E-state index in [0.717, 1.165) is 12.8 Å². The van der Waals surface area contributed by atoms with Gasteiger partial charge in [-0.2, -0.15) is 0 Å². The van der Waals surface area contributed by atoms with Gasteiger partial charge in [-0.25, -0.2) is 4.79 Å². The lowest BCUT2D eigenvalue weighted by atomic mass is 9.85. The molecule has 5 heteroatoms. The quantitative estimate of drug-likeness (QED) is 0.681. The van der Waals surface area contributed by atoms with Crippen LogP contribution in [0.15, 0.2) is 30.3 Å². The van der Waals surface area contributed by atoms with Crippen LogP contribution in [0.4, 0.5) is 0 Å². The van der Waals surface area contributed by atoms with E-state index in [1.165, 1.54) is 0 Å². The molecule has 0 aliphatic heterocycles. The Kier molecular flexibility index (Phi) is 3.34. The lowest BCUT2D eigenvalue weighted by Crippen LogP contribution is -2.53. The SMILES string of the molecule is NC(=O)CNC(C(=O)O)(c1ccccc1)C1CC1. The number of rotatable bonds is 6. The fraction of sp³-hybridized carbons (Fsp3) is 0.385. The minimum Gasteiger partial charge on any atom is -0.480 e. The first kappa shape index (κ1) is 12.6. The van der Waals surface area contributed by atoms with Crippen molar-refractivity contribution in [3.05, 3.63) is 35.9 Å². The maximum atomic E-state index is 11.7. The second-order valence-corrected chi connectivity index (χ2v) is 4.57. The van der Waals surface area contributed by atoms with Crippen molar-refractivity contribution in [3.8, 4) is 0 Å². The van der Waals surface area contributed by atoms with Crippen LogP contribution in [0, 0.1) is 5.92 Å². The number of hydrogen-bond donors (Lipinski definition) is 3. The number of benzene rings is 1. The molecule has 1 aromatic rings. The number of carboxylic acid groups (broad SMARTS) is 1. The highest BCUT2D eigenvalue weighted by Gasteiger charge is 2.52. The topological polar surface area (TPSA) is 92.4 Å². The number of nitrogens with two attached hydrogens (primary N) is 1. The standard InChI is InChI=1S/C13H16N2O3/c14-11(16)8-15-13(12(17)18,10-6-7-10)9-4-2-1-3-5-9/h1-5,10,15H,6-8H2,(H2,14,16)(H,17,18). The van der Waals surface area contributed by atoms with Gasteiger partial charge in [0.25, 0.3) is 0 Å². The third-order valence-electron chi connectivity index (χ3n) is 3.30. The van der Waals surface area contributed by atoms with E-state index >= 15 is 0 Å². The van der Waals surface area contributed by atoms with E-state index in [2.05, 4.69) is 5.32 Å². The molecule has 0 spiro atoms. The van der Waals surface area contributed by atoms with Crippen molar-refractivity contribution in [2.45, 2.75) is 18.4 Å². The fourth-order valence-corrected chi connectivity index (χ4v) is 2.30. The second kappa shape index (κ2) is 4.78. The fourth-order valence-electron chi connectivity index (χ4n) is 2.30. The maximum Gasteiger partial charge on any atom is 0.328 e. The Bertz CT molecular complexity index is 457. The summed E-state index contributed by atoms with van der Waals surface area (Å²) in [6, 6.07) is 8.95. The highest BCUT2D eigenvalue weighted by Crippen LogP contribution is 2.45. The molecule has 0 heterocycles. The molecule has 1 atom stereocenters. The summed E-state index contributed by atoms with van der Waals surface area (Å²) in [5.41, 5.74) is 4.57. The summed E-state index contributed by atoms with van der Waals surface area (Å²) < 4.78 is 0. The predicted molar refractivity (Wildman–Crippen MR) is 65.7 cm³/mol. The predicted octanol–water partition coefficient (Wildman–Crippen LogP) is 0.451. The molecule has 0 bridgehead atoms. The van der Waals surface area contributed by atoms with Gasteiger partial charge in [0, 0.05) is 0 Å². The molecule has 18 heavy (non-hydrogen) atoms. The van der Waals surface area contributed by atoms with Crippen LogP contribution in [0.2, 0.25) is 0 Å².